The van der Waals surface area contributed by atoms with E-state index in [1.807, 2.05) is 30.4 Å². The molecule has 1 aromatic carbocycles. The minimum Gasteiger partial charge on any atom is -0.454 e. The third-order valence-electron chi connectivity index (χ3n) is 3.39. The van der Waals surface area contributed by atoms with Gasteiger partial charge in [0.05, 0.1) is 9.81 Å². The quantitative estimate of drug-likeness (QED) is 0.584. The molecule has 0 amide bonds. The number of carbonyl (C=O) groups is 1. The van der Waals surface area contributed by atoms with E-state index >= 15 is 0 Å². The summed E-state index contributed by atoms with van der Waals surface area (Å²) in [5.74, 6) is 3.28. The molecule has 6 heteroatoms. The first-order valence-corrected chi connectivity index (χ1v) is 8.57. The van der Waals surface area contributed by atoms with Gasteiger partial charge >= 0.3 is 5.97 Å². The SMILES string of the molecule is O=C1OC(c2ccc3c(c2)OCO3)C=CC1=C1SCCS1. The second kappa shape index (κ2) is 5.35. The fraction of sp³-hybridized carbons (Fsp3) is 0.267. The zero-order valence-electron chi connectivity index (χ0n) is 11.0. The lowest BCUT2D eigenvalue weighted by molar-refractivity contribution is -0.142. The van der Waals surface area contributed by atoms with Crippen molar-refractivity contribution in [2.24, 2.45) is 0 Å². The highest BCUT2D eigenvalue weighted by molar-refractivity contribution is 8.25. The van der Waals surface area contributed by atoms with E-state index < -0.39 is 0 Å². The average molecular weight is 320 g/mol. The molecule has 0 spiro atoms. The third-order valence-corrected chi connectivity index (χ3v) is 6.13. The molecule has 3 aliphatic heterocycles. The van der Waals surface area contributed by atoms with Crippen LogP contribution >= 0.6 is 23.5 Å². The van der Waals surface area contributed by atoms with Crippen LogP contribution in [0.2, 0.25) is 0 Å². The molecular weight excluding hydrogens is 308 g/mol. The Morgan fingerprint density at radius 2 is 1.90 bits per heavy atom. The zero-order valence-corrected chi connectivity index (χ0v) is 12.7. The number of hydrogen-bond acceptors (Lipinski definition) is 6. The highest BCUT2D eigenvalue weighted by atomic mass is 32.2. The fourth-order valence-corrected chi connectivity index (χ4v) is 4.84. The number of thioether (sulfide) groups is 2. The molecular formula is C15H12O4S2. The Morgan fingerprint density at radius 1 is 1.10 bits per heavy atom. The molecule has 0 bridgehead atoms. The van der Waals surface area contributed by atoms with Crippen molar-refractivity contribution < 1.29 is 19.0 Å². The minimum absolute atomic E-state index is 0.240. The van der Waals surface area contributed by atoms with E-state index in [9.17, 15) is 4.79 Å². The summed E-state index contributed by atoms with van der Waals surface area (Å²) in [6.45, 7) is 0.240. The van der Waals surface area contributed by atoms with Crippen LogP contribution in [0.25, 0.3) is 0 Å². The van der Waals surface area contributed by atoms with Gasteiger partial charge in [-0.05, 0) is 24.3 Å². The predicted molar refractivity (Wildman–Crippen MR) is 82.5 cm³/mol. The van der Waals surface area contributed by atoms with Crippen LogP contribution in [0.5, 0.6) is 11.5 Å². The predicted octanol–water partition coefficient (Wildman–Crippen LogP) is 3.26. The van der Waals surface area contributed by atoms with Crippen molar-refractivity contribution in [2.45, 2.75) is 6.10 Å². The van der Waals surface area contributed by atoms with E-state index in [4.69, 9.17) is 14.2 Å². The van der Waals surface area contributed by atoms with Gasteiger partial charge in [0.25, 0.3) is 0 Å². The first kappa shape index (κ1) is 13.2. The molecule has 1 atom stereocenters. The van der Waals surface area contributed by atoms with Crippen LogP contribution in [0.4, 0.5) is 0 Å². The van der Waals surface area contributed by atoms with E-state index in [-0.39, 0.29) is 18.9 Å². The first-order valence-electron chi connectivity index (χ1n) is 6.60. The van der Waals surface area contributed by atoms with Gasteiger partial charge in [0.15, 0.2) is 11.5 Å². The topological polar surface area (TPSA) is 44.8 Å². The van der Waals surface area contributed by atoms with Crippen molar-refractivity contribution in [3.8, 4) is 11.5 Å². The Labute approximate surface area is 130 Å². The molecule has 4 rings (SSSR count). The van der Waals surface area contributed by atoms with Crippen LogP contribution in [0.15, 0.2) is 40.2 Å². The minimum atomic E-state index is -0.368. The molecule has 0 saturated carbocycles. The second-order valence-electron chi connectivity index (χ2n) is 4.70. The van der Waals surface area contributed by atoms with Crippen molar-refractivity contribution in [3.05, 3.63) is 45.7 Å². The van der Waals surface area contributed by atoms with E-state index in [1.54, 1.807) is 23.5 Å². The summed E-state index contributed by atoms with van der Waals surface area (Å²) >= 11 is 3.44. The number of ether oxygens (including phenoxy) is 3. The van der Waals surface area contributed by atoms with Gasteiger partial charge in [-0.1, -0.05) is 6.07 Å². The highest BCUT2D eigenvalue weighted by Crippen LogP contribution is 2.42. The van der Waals surface area contributed by atoms with Crippen LogP contribution in [0, 0.1) is 0 Å². The number of benzene rings is 1. The molecule has 1 saturated heterocycles. The molecule has 108 valence electrons. The number of hydrogen-bond donors (Lipinski definition) is 0. The van der Waals surface area contributed by atoms with Gasteiger partial charge in [0.2, 0.25) is 6.79 Å². The van der Waals surface area contributed by atoms with Crippen LogP contribution < -0.4 is 9.47 Å². The largest absolute Gasteiger partial charge is 0.454 e. The molecule has 0 aliphatic carbocycles. The van der Waals surface area contributed by atoms with Gasteiger partial charge in [-0.25, -0.2) is 4.79 Å². The van der Waals surface area contributed by atoms with Gasteiger partial charge in [0.1, 0.15) is 6.10 Å². The Bertz CT molecular complexity index is 658. The molecule has 1 unspecified atom stereocenters. The normalized spacial score (nSPS) is 23.6. The smallest absolute Gasteiger partial charge is 0.340 e. The Balaban J connectivity index is 1.62. The summed E-state index contributed by atoms with van der Waals surface area (Å²) in [6, 6.07) is 5.60. The second-order valence-corrected chi connectivity index (χ2v) is 7.16. The molecule has 21 heavy (non-hydrogen) atoms. The molecule has 0 N–H and O–H groups in total. The van der Waals surface area contributed by atoms with Crippen molar-refractivity contribution in [1.82, 2.24) is 0 Å². The maximum absolute atomic E-state index is 12.2. The number of carbonyl (C=O) groups excluding carboxylic acids is 1. The lowest BCUT2D eigenvalue weighted by Crippen LogP contribution is -2.16. The molecule has 3 heterocycles. The van der Waals surface area contributed by atoms with Crippen LogP contribution in [0.1, 0.15) is 11.7 Å². The Kier molecular flexibility index (Phi) is 3.35. The standard InChI is InChI=1S/C15H12O4S2/c16-14-10(15-20-5-6-21-15)2-4-11(19-14)9-1-3-12-13(7-9)18-8-17-12/h1-4,7,11H,5-6,8H2. The molecule has 0 radical (unpaired) electrons. The van der Waals surface area contributed by atoms with Gasteiger partial charge in [0, 0.05) is 17.1 Å². The van der Waals surface area contributed by atoms with Gasteiger partial charge in [-0.3, -0.25) is 0 Å². The van der Waals surface area contributed by atoms with Gasteiger partial charge < -0.3 is 14.2 Å². The monoisotopic (exact) mass is 320 g/mol. The molecule has 1 aromatic rings. The summed E-state index contributed by atoms with van der Waals surface area (Å²) in [5, 5.41) is 0. The van der Waals surface area contributed by atoms with Crippen LogP contribution in [-0.4, -0.2) is 24.3 Å². The fourth-order valence-electron chi connectivity index (χ4n) is 2.36. The van der Waals surface area contributed by atoms with Crippen molar-refractivity contribution in [3.63, 3.8) is 0 Å². The van der Waals surface area contributed by atoms with Crippen LogP contribution in [-0.2, 0) is 9.53 Å². The zero-order chi connectivity index (χ0) is 14.2. The maximum Gasteiger partial charge on any atom is 0.340 e. The first-order chi connectivity index (χ1) is 10.3. The molecule has 3 aliphatic rings. The molecule has 4 nitrogen and oxygen atoms in total. The summed E-state index contributed by atoms with van der Waals surface area (Å²) in [4.78, 5) is 12.2. The lowest BCUT2D eigenvalue weighted by atomic mass is 10.1. The lowest BCUT2D eigenvalue weighted by Gasteiger charge is -2.20. The number of esters is 1. The number of fused-ring (bicyclic) bond motifs is 1. The number of rotatable bonds is 1. The molecule has 1 fully saturated rings. The summed E-state index contributed by atoms with van der Waals surface area (Å²) < 4.78 is 17.3. The molecule has 0 aromatic heterocycles. The Morgan fingerprint density at radius 3 is 2.71 bits per heavy atom. The summed E-state index contributed by atoms with van der Waals surface area (Å²) in [5.41, 5.74) is 1.57. The third kappa shape index (κ3) is 2.42. The summed E-state index contributed by atoms with van der Waals surface area (Å²) in [6.07, 6.45) is 3.43. The van der Waals surface area contributed by atoms with Crippen LogP contribution in [0.3, 0.4) is 0 Å². The van der Waals surface area contributed by atoms with Crippen molar-refractivity contribution in [2.75, 3.05) is 18.3 Å². The Hall–Kier alpha value is -1.53. The van der Waals surface area contributed by atoms with E-state index in [0.29, 0.717) is 11.3 Å². The van der Waals surface area contributed by atoms with Crippen molar-refractivity contribution in [1.29, 1.82) is 0 Å². The highest BCUT2D eigenvalue weighted by Gasteiger charge is 2.27. The van der Waals surface area contributed by atoms with E-state index in [1.165, 1.54) is 0 Å². The van der Waals surface area contributed by atoms with E-state index in [0.717, 1.165) is 27.1 Å². The van der Waals surface area contributed by atoms with Gasteiger partial charge in [-0.15, -0.1) is 23.5 Å². The summed E-state index contributed by atoms with van der Waals surface area (Å²) in [7, 11) is 0. The number of cyclic esters (lactones) is 1. The van der Waals surface area contributed by atoms with Gasteiger partial charge in [-0.2, -0.15) is 0 Å². The van der Waals surface area contributed by atoms with Crippen molar-refractivity contribution >= 4 is 29.5 Å². The maximum atomic E-state index is 12.2. The average Bonchev–Trinajstić information content (AvgIpc) is 3.17. The van der Waals surface area contributed by atoms with E-state index in [2.05, 4.69) is 0 Å².